The first-order valence-corrected chi connectivity index (χ1v) is 11.9. The van der Waals surface area contributed by atoms with Crippen LogP contribution in [0.3, 0.4) is 0 Å². The first kappa shape index (κ1) is 19.1. The van der Waals surface area contributed by atoms with Gasteiger partial charge in [0.1, 0.15) is 11.4 Å². The van der Waals surface area contributed by atoms with Crippen molar-refractivity contribution in [1.82, 2.24) is 0 Å². The standard InChI is InChI=1S/C25H38O3/c1-22(2)13-14-25(28-21(22)27)12-9-20-18-6-5-16-15-17(26)7-10-23(16,3)19(18)8-11-24(20,25)4/h16,18-20H,5-15H2,1-4H3/t16?,18-,19+,20+,23+,24+,25-/m1/s1. The van der Waals surface area contributed by atoms with Gasteiger partial charge in [-0.05, 0) is 101 Å². The molecule has 5 rings (SSSR count). The molecule has 5 fully saturated rings. The number of Topliss-reactive ketones (excluding diaryl/α,β-unsaturated/α-hetero) is 1. The molecule has 1 unspecified atom stereocenters. The predicted octanol–water partition coefficient (Wildman–Crippen LogP) is 5.70. The Kier molecular flexibility index (Phi) is 4.00. The van der Waals surface area contributed by atoms with Crippen molar-refractivity contribution in [1.29, 1.82) is 0 Å². The van der Waals surface area contributed by atoms with Crippen LogP contribution in [0.25, 0.3) is 0 Å². The summed E-state index contributed by atoms with van der Waals surface area (Å²) in [7, 11) is 0. The summed E-state index contributed by atoms with van der Waals surface area (Å²) in [6, 6.07) is 0. The third-order valence-electron chi connectivity index (χ3n) is 10.8. The normalized spacial score (nSPS) is 52.6. The van der Waals surface area contributed by atoms with E-state index in [0.29, 0.717) is 23.0 Å². The quantitative estimate of drug-likeness (QED) is 0.502. The number of hydrogen-bond acceptors (Lipinski definition) is 3. The van der Waals surface area contributed by atoms with E-state index in [1.807, 2.05) is 13.8 Å². The molecule has 1 aliphatic heterocycles. The zero-order chi connectivity index (χ0) is 19.9. The Bertz CT molecular complexity index is 711. The molecule has 1 heterocycles. The van der Waals surface area contributed by atoms with Crippen molar-refractivity contribution in [2.75, 3.05) is 0 Å². The van der Waals surface area contributed by atoms with Crippen LogP contribution in [0.1, 0.15) is 98.3 Å². The van der Waals surface area contributed by atoms with E-state index in [-0.39, 0.29) is 22.4 Å². The number of fused-ring (bicyclic) bond motifs is 6. The lowest BCUT2D eigenvalue weighted by Gasteiger charge is -2.62. The Morgan fingerprint density at radius 2 is 1.57 bits per heavy atom. The van der Waals surface area contributed by atoms with Gasteiger partial charge in [-0.15, -0.1) is 0 Å². The molecule has 3 heteroatoms. The third kappa shape index (κ3) is 2.34. The molecule has 0 radical (unpaired) electrons. The molecule has 0 aromatic heterocycles. The molecule has 1 saturated heterocycles. The van der Waals surface area contributed by atoms with Gasteiger partial charge in [0.25, 0.3) is 0 Å². The molecule has 28 heavy (non-hydrogen) atoms. The lowest BCUT2D eigenvalue weighted by molar-refractivity contribution is -0.212. The van der Waals surface area contributed by atoms with Crippen molar-refractivity contribution in [3.8, 4) is 0 Å². The SMILES string of the molecule is CC1(C)CC[C@@]2(CC[C@H]3[C@@H]4CCC5CC(=O)CC[C@]5(C)[C@H]4CC[C@@]32C)OC1=O. The molecule has 0 N–H and O–H groups in total. The predicted molar refractivity (Wildman–Crippen MR) is 109 cm³/mol. The van der Waals surface area contributed by atoms with Gasteiger partial charge in [-0.1, -0.05) is 13.8 Å². The average Bonchev–Trinajstić information content (AvgIpc) is 2.92. The van der Waals surface area contributed by atoms with Gasteiger partial charge in [0.15, 0.2) is 0 Å². The molecular formula is C25H38O3. The first-order chi connectivity index (χ1) is 13.1. The van der Waals surface area contributed by atoms with Gasteiger partial charge in [0.2, 0.25) is 0 Å². The fourth-order valence-electron chi connectivity index (χ4n) is 8.70. The molecular weight excluding hydrogens is 348 g/mol. The van der Waals surface area contributed by atoms with Gasteiger partial charge >= 0.3 is 5.97 Å². The fourth-order valence-corrected chi connectivity index (χ4v) is 8.70. The van der Waals surface area contributed by atoms with Gasteiger partial charge in [-0.25, -0.2) is 0 Å². The highest BCUT2D eigenvalue weighted by Crippen LogP contribution is 2.70. The second-order valence-electron chi connectivity index (χ2n) is 12.2. The second-order valence-corrected chi connectivity index (χ2v) is 12.2. The molecule has 4 aliphatic carbocycles. The van der Waals surface area contributed by atoms with Gasteiger partial charge in [0, 0.05) is 18.3 Å². The summed E-state index contributed by atoms with van der Waals surface area (Å²) >= 11 is 0. The van der Waals surface area contributed by atoms with Crippen LogP contribution in [-0.4, -0.2) is 17.4 Å². The molecule has 1 spiro atoms. The Labute approximate surface area is 170 Å². The van der Waals surface area contributed by atoms with Crippen molar-refractivity contribution in [3.63, 3.8) is 0 Å². The van der Waals surface area contributed by atoms with Crippen LogP contribution in [0.2, 0.25) is 0 Å². The fraction of sp³-hybridized carbons (Fsp3) is 0.920. The highest BCUT2D eigenvalue weighted by Gasteiger charge is 2.67. The minimum absolute atomic E-state index is 0.0317. The monoisotopic (exact) mass is 386 g/mol. The molecule has 0 bridgehead atoms. The maximum absolute atomic E-state index is 12.8. The van der Waals surface area contributed by atoms with Gasteiger partial charge in [-0.3, -0.25) is 9.59 Å². The van der Waals surface area contributed by atoms with Crippen molar-refractivity contribution in [2.45, 2.75) is 104 Å². The van der Waals surface area contributed by atoms with Crippen molar-refractivity contribution < 1.29 is 14.3 Å². The summed E-state index contributed by atoms with van der Waals surface area (Å²) in [6.07, 6.45) is 12.0. The highest BCUT2D eigenvalue weighted by molar-refractivity contribution is 5.79. The second kappa shape index (κ2) is 5.85. The molecule has 5 aliphatic rings. The smallest absolute Gasteiger partial charge is 0.312 e. The summed E-state index contributed by atoms with van der Waals surface area (Å²) in [5.74, 6) is 3.37. The van der Waals surface area contributed by atoms with E-state index < -0.39 is 0 Å². The van der Waals surface area contributed by atoms with Crippen LogP contribution >= 0.6 is 0 Å². The number of rotatable bonds is 0. The number of ketones is 1. The van der Waals surface area contributed by atoms with E-state index in [1.54, 1.807) is 0 Å². The van der Waals surface area contributed by atoms with E-state index in [0.717, 1.165) is 50.4 Å². The number of ether oxygens (including phenoxy) is 1. The molecule has 0 amide bonds. The van der Waals surface area contributed by atoms with Crippen LogP contribution in [0, 0.1) is 39.9 Å². The Morgan fingerprint density at radius 1 is 0.821 bits per heavy atom. The van der Waals surface area contributed by atoms with Crippen molar-refractivity contribution >= 4 is 11.8 Å². The molecule has 0 aromatic carbocycles. The zero-order valence-corrected chi connectivity index (χ0v) is 18.3. The number of esters is 1. The number of carbonyl (C=O) groups excluding carboxylic acids is 2. The van der Waals surface area contributed by atoms with Crippen LogP contribution in [0.5, 0.6) is 0 Å². The Hall–Kier alpha value is -0.860. The van der Waals surface area contributed by atoms with Crippen LogP contribution in [0.4, 0.5) is 0 Å². The summed E-state index contributed by atoms with van der Waals surface area (Å²) in [5.41, 5.74) is -0.0280. The Balaban J connectivity index is 1.43. The van der Waals surface area contributed by atoms with E-state index >= 15 is 0 Å². The molecule has 7 atom stereocenters. The van der Waals surface area contributed by atoms with E-state index in [9.17, 15) is 9.59 Å². The van der Waals surface area contributed by atoms with Crippen LogP contribution in [0.15, 0.2) is 0 Å². The third-order valence-corrected chi connectivity index (χ3v) is 10.8. The lowest BCUT2D eigenvalue weighted by atomic mass is 9.44. The summed E-state index contributed by atoms with van der Waals surface area (Å²) in [6.45, 7) is 9.06. The molecule has 156 valence electrons. The van der Waals surface area contributed by atoms with Gasteiger partial charge < -0.3 is 4.74 Å². The van der Waals surface area contributed by atoms with Crippen molar-refractivity contribution in [2.24, 2.45) is 39.9 Å². The first-order valence-electron chi connectivity index (χ1n) is 11.9. The minimum Gasteiger partial charge on any atom is -0.458 e. The summed E-state index contributed by atoms with van der Waals surface area (Å²) < 4.78 is 6.36. The van der Waals surface area contributed by atoms with Crippen LogP contribution in [-0.2, 0) is 14.3 Å². The number of carbonyl (C=O) groups is 2. The number of hydrogen-bond donors (Lipinski definition) is 0. The van der Waals surface area contributed by atoms with E-state index in [2.05, 4.69) is 13.8 Å². The lowest BCUT2D eigenvalue weighted by Crippen LogP contribution is -2.59. The summed E-state index contributed by atoms with van der Waals surface area (Å²) in [5, 5.41) is 0. The van der Waals surface area contributed by atoms with E-state index in [4.69, 9.17) is 4.74 Å². The largest absolute Gasteiger partial charge is 0.458 e. The maximum atomic E-state index is 12.8. The minimum atomic E-state index is -0.322. The van der Waals surface area contributed by atoms with Gasteiger partial charge in [0.05, 0.1) is 5.41 Å². The zero-order valence-electron chi connectivity index (χ0n) is 18.3. The van der Waals surface area contributed by atoms with E-state index in [1.165, 1.54) is 32.1 Å². The Morgan fingerprint density at radius 3 is 2.32 bits per heavy atom. The maximum Gasteiger partial charge on any atom is 0.312 e. The van der Waals surface area contributed by atoms with Crippen LogP contribution < -0.4 is 0 Å². The average molecular weight is 387 g/mol. The summed E-state index contributed by atoms with van der Waals surface area (Å²) in [4.78, 5) is 24.9. The highest BCUT2D eigenvalue weighted by atomic mass is 16.6. The molecule has 0 aromatic rings. The molecule has 3 nitrogen and oxygen atoms in total. The topological polar surface area (TPSA) is 43.4 Å². The van der Waals surface area contributed by atoms with Gasteiger partial charge in [-0.2, -0.15) is 0 Å². The van der Waals surface area contributed by atoms with Crippen molar-refractivity contribution in [3.05, 3.63) is 0 Å². The molecule has 4 saturated carbocycles.